The number of aliphatic hydroxyl groups excluding tert-OH is 1. The third kappa shape index (κ3) is 4.55. The smallest absolute Gasteiger partial charge is 0.409 e. The summed E-state index contributed by atoms with van der Waals surface area (Å²) in [5.74, 6) is 4.00. The Kier molecular flexibility index (Phi) is 7.12. The Morgan fingerprint density at radius 2 is 1.77 bits per heavy atom. The number of aliphatic hydroxyl groups is 1. The van der Waals surface area contributed by atoms with E-state index in [1.807, 2.05) is 4.90 Å². The summed E-state index contributed by atoms with van der Waals surface area (Å²) in [6.07, 6.45) is 15.4. The van der Waals surface area contributed by atoms with E-state index in [-0.39, 0.29) is 17.6 Å². The lowest BCUT2D eigenvalue weighted by atomic mass is 9.47. The van der Waals surface area contributed by atoms with E-state index in [4.69, 9.17) is 4.74 Å². The topological polar surface area (TPSA) is 70.1 Å². The highest BCUT2D eigenvalue weighted by Gasteiger charge is 2.59. The molecular weight excluding hydrogens is 488 g/mol. The molecule has 0 aromatic carbocycles. The molecule has 218 valence electrons. The van der Waals surface area contributed by atoms with Gasteiger partial charge in [0, 0.05) is 38.0 Å². The molecule has 4 aliphatic carbocycles. The Labute approximate surface area is 235 Å². The monoisotopic (exact) mass is 540 g/mol. The minimum atomic E-state index is -0.237. The van der Waals surface area contributed by atoms with Crippen molar-refractivity contribution >= 4 is 12.0 Å². The molecule has 2 unspecified atom stereocenters. The van der Waals surface area contributed by atoms with Crippen molar-refractivity contribution in [1.82, 2.24) is 9.80 Å². The predicted octanol–water partition coefficient (Wildman–Crippen LogP) is 6.03. The number of likely N-dealkylation sites (tertiary alicyclic amines) is 2. The van der Waals surface area contributed by atoms with Crippen molar-refractivity contribution in [2.24, 2.45) is 45.8 Å². The van der Waals surface area contributed by atoms with E-state index in [1.54, 1.807) is 5.57 Å². The number of carbonyl (C=O) groups is 2. The zero-order chi connectivity index (χ0) is 27.6. The van der Waals surface area contributed by atoms with Gasteiger partial charge in [-0.3, -0.25) is 4.79 Å². The van der Waals surface area contributed by atoms with Gasteiger partial charge in [-0.1, -0.05) is 32.4 Å². The molecule has 39 heavy (non-hydrogen) atoms. The zero-order valence-corrected chi connectivity index (χ0v) is 24.9. The van der Waals surface area contributed by atoms with E-state index in [0.29, 0.717) is 29.1 Å². The van der Waals surface area contributed by atoms with Crippen molar-refractivity contribution in [2.75, 3.05) is 33.3 Å². The number of methoxy groups -OCH3 is 1. The molecule has 5 fully saturated rings. The molecule has 2 amide bonds. The van der Waals surface area contributed by atoms with Crippen LogP contribution in [-0.4, -0.2) is 66.3 Å². The maximum Gasteiger partial charge on any atom is 0.409 e. The SMILES string of the molecule is COC(=O)N1CCC2(CCN(C(=O)CCC(C)[C@H]3CC[C@H]4[C@@H]5CC=C6C[C@@H](O)CC[C@]6(C)[C@H]5CC[C@]34C)C2)C1. The normalized spacial score (nSPS) is 44.0. The van der Waals surface area contributed by atoms with Crippen LogP contribution in [0.1, 0.15) is 97.8 Å². The molecule has 0 aromatic rings. The standard InChI is InChI=1S/C33H52N2O4/c1-22(5-10-29(37)34-17-15-33(20-34)16-18-35(21-33)30(38)39-4)26-8-9-27-25-7-6-23-19-24(36)11-13-31(23,2)28(25)12-14-32(26,27)3/h6,22,24-28,36H,5,7-21H2,1-4H3/t22?,24-,25-,26+,27-,28-,31-,32+,33?/m0/s1. The van der Waals surface area contributed by atoms with Crippen molar-refractivity contribution in [3.05, 3.63) is 11.6 Å². The van der Waals surface area contributed by atoms with Gasteiger partial charge in [0.2, 0.25) is 5.91 Å². The van der Waals surface area contributed by atoms with Crippen LogP contribution < -0.4 is 0 Å². The van der Waals surface area contributed by atoms with Crippen LogP contribution >= 0.6 is 0 Å². The number of hydrogen-bond acceptors (Lipinski definition) is 4. The number of allylic oxidation sites excluding steroid dienone is 1. The predicted molar refractivity (Wildman–Crippen MR) is 152 cm³/mol. The van der Waals surface area contributed by atoms with E-state index < -0.39 is 0 Å². The van der Waals surface area contributed by atoms with Crippen molar-refractivity contribution < 1.29 is 19.4 Å². The Hall–Kier alpha value is -1.56. The second-order valence-corrected chi connectivity index (χ2v) is 15.1. The lowest BCUT2D eigenvalue weighted by molar-refractivity contribution is -0.131. The molecule has 6 heteroatoms. The molecule has 0 radical (unpaired) electrons. The minimum absolute atomic E-state index is 0.0711. The molecule has 0 aromatic heterocycles. The summed E-state index contributed by atoms with van der Waals surface area (Å²) in [5, 5.41) is 10.3. The summed E-state index contributed by atoms with van der Waals surface area (Å²) < 4.78 is 4.93. The van der Waals surface area contributed by atoms with Crippen LogP contribution in [0, 0.1) is 45.8 Å². The average molecular weight is 541 g/mol. The van der Waals surface area contributed by atoms with E-state index in [0.717, 1.165) is 88.4 Å². The lowest BCUT2D eigenvalue weighted by Crippen LogP contribution is -2.50. The number of rotatable bonds is 4. The second-order valence-electron chi connectivity index (χ2n) is 15.1. The molecule has 1 N–H and O–H groups in total. The van der Waals surface area contributed by atoms with E-state index in [2.05, 4.69) is 31.7 Å². The van der Waals surface area contributed by atoms with Gasteiger partial charge < -0.3 is 19.6 Å². The first kappa shape index (κ1) is 27.6. The highest BCUT2D eigenvalue weighted by molar-refractivity contribution is 5.76. The van der Waals surface area contributed by atoms with Gasteiger partial charge in [0.1, 0.15) is 0 Å². The Balaban J connectivity index is 1.05. The molecule has 6 nitrogen and oxygen atoms in total. The molecule has 1 spiro atoms. The largest absolute Gasteiger partial charge is 0.453 e. The Morgan fingerprint density at radius 3 is 2.54 bits per heavy atom. The van der Waals surface area contributed by atoms with Crippen LogP contribution in [0.3, 0.4) is 0 Å². The average Bonchev–Trinajstić information content (AvgIpc) is 3.64. The molecule has 2 heterocycles. The number of hydrogen-bond donors (Lipinski definition) is 1. The van der Waals surface area contributed by atoms with Crippen LogP contribution in [0.4, 0.5) is 4.79 Å². The van der Waals surface area contributed by atoms with Crippen LogP contribution in [0.2, 0.25) is 0 Å². The number of carbonyl (C=O) groups excluding carboxylic acids is 2. The summed E-state index contributed by atoms with van der Waals surface area (Å²) in [5.41, 5.74) is 2.34. The first-order chi connectivity index (χ1) is 18.6. The molecule has 2 saturated heterocycles. The number of amides is 2. The van der Waals surface area contributed by atoms with Crippen LogP contribution in [0.25, 0.3) is 0 Å². The van der Waals surface area contributed by atoms with Crippen molar-refractivity contribution in [2.45, 2.75) is 104 Å². The molecule has 6 aliphatic rings. The van der Waals surface area contributed by atoms with Gasteiger partial charge >= 0.3 is 6.09 Å². The van der Waals surface area contributed by atoms with Crippen molar-refractivity contribution in [1.29, 1.82) is 0 Å². The zero-order valence-electron chi connectivity index (χ0n) is 24.9. The van der Waals surface area contributed by atoms with E-state index in [9.17, 15) is 14.7 Å². The highest BCUT2D eigenvalue weighted by atomic mass is 16.5. The van der Waals surface area contributed by atoms with Gasteiger partial charge in [0.05, 0.1) is 13.2 Å². The number of ether oxygens (including phenoxy) is 1. The first-order valence-corrected chi connectivity index (χ1v) is 16.1. The van der Waals surface area contributed by atoms with E-state index in [1.165, 1.54) is 39.2 Å². The molecule has 9 atom stereocenters. The maximum absolute atomic E-state index is 13.3. The van der Waals surface area contributed by atoms with Gasteiger partial charge in [-0.25, -0.2) is 4.79 Å². The fraction of sp³-hybridized carbons (Fsp3) is 0.879. The molecule has 3 saturated carbocycles. The Bertz CT molecular complexity index is 1010. The summed E-state index contributed by atoms with van der Waals surface area (Å²) >= 11 is 0. The third-order valence-corrected chi connectivity index (χ3v) is 13.3. The fourth-order valence-corrected chi connectivity index (χ4v) is 11.0. The molecule has 6 rings (SSSR count). The molecule has 2 aliphatic heterocycles. The van der Waals surface area contributed by atoms with Gasteiger partial charge in [-0.05, 0) is 111 Å². The summed E-state index contributed by atoms with van der Waals surface area (Å²) in [6.45, 7) is 10.6. The van der Waals surface area contributed by atoms with Gasteiger partial charge in [-0.15, -0.1) is 0 Å². The van der Waals surface area contributed by atoms with Crippen LogP contribution in [-0.2, 0) is 9.53 Å². The van der Waals surface area contributed by atoms with Gasteiger partial charge in [0.15, 0.2) is 0 Å². The van der Waals surface area contributed by atoms with E-state index >= 15 is 0 Å². The first-order valence-electron chi connectivity index (χ1n) is 16.1. The summed E-state index contributed by atoms with van der Waals surface area (Å²) in [4.78, 5) is 29.2. The molecular formula is C33H52N2O4. The van der Waals surface area contributed by atoms with Crippen LogP contribution in [0.15, 0.2) is 11.6 Å². The Morgan fingerprint density at radius 1 is 1.03 bits per heavy atom. The number of nitrogens with zero attached hydrogens (tertiary/aromatic N) is 2. The second kappa shape index (κ2) is 10.1. The third-order valence-electron chi connectivity index (χ3n) is 13.3. The quantitative estimate of drug-likeness (QED) is 0.442. The van der Waals surface area contributed by atoms with Crippen molar-refractivity contribution in [3.63, 3.8) is 0 Å². The maximum atomic E-state index is 13.3. The molecule has 0 bridgehead atoms. The lowest BCUT2D eigenvalue weighted by Gasteiger charge is -2.58. The summed E-state index contributed by atoms with van der Waals surface area (Å²) in [6, 6.07) is 0. The fourth-order valence-electron chi connectivity index (χ4n) is 11.0. The number of fused-ring (bicyclic) bond motifs is 5. The minimum Gasteiger partial charge on any atom is -0.453 e. The highest BCUT2D eigenvalue weighted by Crippen LogP contribution is 2.67. The van der Waals surface area contributed by atoms with Crippen LogP contribution in [0.5, 0.6) is 0 Å². The van der Waals surface area contributed by atoms with Gasteiger partial charge in [-0.2, -0.15) is 0 Å². The summed E-state index contributed by atoms with van der Waals surface area (Å²) in [7, 11) is 1.45. The van der Waals surface area contributed by atoms with Crippen molar-refractivity contribution in [3.8, 4) is 0 Å². The van der Waals surface area contributed by atoms with Gasteiger partial charge in [0.25, 0.3) is 0 Å².